The first-order valence-electron chi connectivity index (χ1n) is 7.34. The monoisotopic (exact) mass is 304 g/mol. The molecule has 2 aromatic rings. The number of aryl methyl sites for hydroxylation is 1. The topological polar surface area (TPSA) is 55.1 Å². The fourth-order valence-electron chi connectivity index (χ4n) is 1.87. The van der Waals surface area contributed by atoms with E-state index in [1.807, 2.05) is 30.3 Å². The SMILES string of the molecule is C[C@@H](NC(=O)CCc1ncc(-c2ccccc2)o1)C(C)(C)F. The molecule has 0 aliphatic rings. The molecule has 0 aliphatic heterocycles. The van der Waals surface area contributed by atoms with E-state index < -0.39 is 11.7 Å². The third kappa shape index (κ3) is 4.41. The van der Waals surface area contributed by atoms with Gasteiger partial charge in [0, 0.05) is 18.4 Å². The van der Waals surface area contributed by atoms with Crippen LogP contribution in [0.25, 0.3) is 11.3 Å². The summed E-state index contributed by atoms with van der Waals surface area (Å²) < 4.78 is 19.3. The van der Waals surface area contributed by atoms with Crippen LogP contribution < -0.4 is 5.32 Å². The Morgan fingerprint density at radius 2 is 2.05 bits per heavy atom. The van der Waals surface area contributed by atoms with Gasteiger partial charge < -0.3 is 9.73 Å². The quantitative estimate of drug-likeness (QED) is 0.888. The van der Waals surface area contributed by atoms with Crippen LogP contribution in [-0.4, -0.2) is 22.6 Å². The van der Waals surface area contributed by atoms with Crippen LogP contribution in [0.3, 0.4) is 0 Å². The van der Waals surface area contributed by atoms with Gasteiger partial charge in [-0.05, 0) is 20.8 Å². The van der Waals surface area contributed by atoms with Crippen LogP contribution >= 0.6 is 0 Å². The van der Waals surface area contributed by atoms with Gasteiger partial charge in [-0.1, -0.05) is 30.3 Å². The molecule has 0 bridgehead atoms. The Morgan fingerprint density at radius 1 is 1.36 bits per heavy atom. The van der Waals surface area contributed by atoms with Crippen LogP contribution in [0.1, 0.15) is 33.1 Å². The van der Waals surface area contributed by atoms with Gasteiger partial charge in [0.2, 0.25) is 5.91 Å². The van der Waals surface area contributed by atoms with E-state index in [-0.39, 0.29) is 12.3 Å². The first-order valence-corrected chi connectivity index (χ1v) is 7.34. The molecule has 2 rings (SSSR count). The van der Waals surface area contributed by atoms with Crippen molar-refractivity contribution >= 4 is 5.91 Å². The number of carbonyl (C=O) groups excluding carboxylic acids is 1. The lowest BCUT2D eigenvalue weighted by molar-refractivity contribution is -0.122. The maximum atomic E-state index is 13.7. The summed E-state index contributed by atoms with van der Waals surface area (Å²) in [4.78, 5) is 16.0. The van der Waals surface area contributed by atoms with Gasteiger partial charge in [-0.15, -0.1) is 0 Å². The molecule has 0 fully saturated rings. The van der Waals surface area contributed by atoms with E-state index in [1.165, 1.54) is 13.8 Å². The highest BCUT2D eigenvalue weighted by Gasteiger charge is 2.26. The molecule has 4 nitrogen and oxygen atoms in total. The molecule has 0 saturated heterocycles. The Hall–Kier alpha value is -2.17. The fourth-order valence-corrected chi connectivity index (χ4v) is 1.87. The largest absolute Gasteiger partial charge is 0.441 e. The van der Waals surface area contributed by atoms with Crippen molar-refractivity contribution in [1.29, 1.82) is 0 Å². The second-order valence-corrected chi connectivity index (χ2v) is 5.84. The minimum absolute atomic E-state index is 0.210. The van der Waals surface area contributed by atoms with Gasteiger partial charge >= 0.3 is 0 Å². The molecule has 1 aromatic heterocycles. The molecule has 0 radical (unpaired) electrons. The third-order valence-electron chi connectivity index (χ3n) is 3.58. The number of nitrogens with zero attached hydrogens (tertiary/aromatic N) is 1. The maximum Gasteiger partial charge on any atom is 0.220 e. The molecule has 1 atom stereocenters. The molecule has 1 heterocycles. The van der Waals surface area contributed by atoms with Crippen molar-refractivity contribution < 1.29 is 13.6 Å². The first kappa shape index (κ1) is 16.2. The van der Waals surface area contributed by atoms with E-state index in [9.17, 15) is 9.18 Å². The van der Waals surface area contributed by atoms with Crippen molar-refractivity contribution in [1.82, 2.24) is 10.3 Å². The smallest absolute Gasteiger partial charge is 0.220 e. The second kappa shape index (κ2) is 6.73. The summed E-state index contributed by atoms with van der Waals surface area (Å²) >= 11 is 0. The molecule has 5 heteroatoms. The molecule has 118 valence electrons. The van der Waals surface area contributed by atoms with E-state index in [4.69, 9.17) is 4.42 Å². The zero-order valence-corrected chi connectivity index (χ0v) is 13.1. The molecule has 22 heavy (non-hydrogen) atoms. The Kier molecular flexibility index (Phi) is 4.96. The summed E-state index contributed by atoms with van der Waals surface area (Å²) in [5.41, 5.74) is -0.502. The number of nitrogens with one attached hydrogen (secondary N) is 1. The van der Waals surface area contributed by atoms with Crippen molar-refractivity contribution in [2.24, 2.45) is 0 Å². The number of hydrogen-bond donors (Lipinski definition) is 1. The van der Waals surface area contributed by atoms with Crippen molar-refractivity contribution in [3.8, 4) is 11.3 Å². The van der Waals surface area contributed by atoms with Gasteiger partial charge in [-0.25, -0.2) is 9.37 Å². The zero-order chi connectivity index (χ0) is 16.2. The first-order chi connectivity index (χ1) is 10.4. The summed E-state index contributed by atoms with van der Waals surface area (Å²) in [5.74, 6) is 0.966. The Labute approximate surface area is 129 Å². The predicted octanol–water partition coefficient (Wildman–Crippen LogP) is 3.53. The van der Waals surface area contributed by atoms with Crippen LogP contribution in [0.15, 0.2) is 40.9 Å². The van der Waals surface area contributed by atoms with Gasteiger partial charge in [-0.2, -0.15) is 0 Å². The molecular weight excluding hydrogens is 283 g/mol. The lowest BCUT2D eigenvalue weighted by Crippen LogP contribution is -2.44. The number of oxazole rings is 1. The molecule has 1 N–H and O–H groups in total. The average molecular weight is 304 g/mol. The summed E-state index contributed by atoms with van der Waals surface area (Å²) in [7, 11) is 0. The normalized spacial score (nSPS) is 12.9. The number of aromatic nitrogens is 1. The van der Waals surface area contributed by atoms with Crippen molar-refractivity contribution in [3.63, 3.8) is 0 Å². The molecule has 0 spiro atoms. The number of hydrogen-bond acceptors (Lipinski definition) is 3. The minimum atomic E-state index is -1.45. The average Bonchev–Trinajstić information content (AvgIpc) is 2.94. The number of rotatable bonds is 6. The van der Waals surface area contributed by atoms with Gasteiger partial charge in [0.25, 0.3) is 0 Å². The lowest BCUT2D eigenvalue weighted by Gasteiger charge is -2.24. The number of alkyl halides is 1. The van der Waals surface area contributed by atoms with E-state index in [2.05, 4.69) is 10.3 Å². The predicted molar refractivity (Wildman–Crippen MR) is 83.1 cm³/mol. The Bertz CT molecular complexity index is 617. The number of halogens is 1. The minimum Gasteiger partial charge on any atom is -0.441 e. The standard InChI is InChI=1S/C17H21FN2O2/c1-12(17(2,3)18)20-15(21)9-10-16-19-11-14(22-16)13-7-5-4-6-8-13/h4-8,11-12H,9-10H2,1-3H3,(H,20,21)/t12-/m1/s1. The van der Waals surface area contributed by atoms with Crippen LogP contribution in [0.4, 0.5) is 4.39 Å². The highest BCUT2D eigenvalue weighted by atomic mass is 19.1. The highest BCUT2D eigenvalue weighted by Crippen LogP contribution is 2.20. The van der Waals surface area contributed by atoms with Gasteiger partial charge in [-0.3, -0.25) is 4.79 Å². The van der Waals surface area contributed by atoms with Crippen LogP contribution in [0.5, 0.6) is 0 Å². The van der Waals surface area contributed by atoms with Gasteiger partial charge in [0.15, 0.2) is 11.7 Å². The second-order valence-electron chi connectivity index (χ2n) is 5.84. The Balaban J connectivity index is 1.88. The molecule has 1 amide bonds. The molecular formula is C17H21FN2O2. The van der Waals surface area contributed by atoms with Crippen molar-refractivity contribution in [2.75, 3.05) is 0 Å². The number of carbonyl (C=O) groups is 1. The van der Waals surface area contributed by atoms with Crippen LogP contribution in [0, 0.1) is 0 Å². The van der Waals surface area contributed by atoms with Crippen molar-refractivity contribution in [2.45, 2.75) is 45.3 Å². The number of benzene rings is 1. The van der Waals surface area contributed by atoms with E-state index in [0.717, 1.165) is 5.56 Å². The summed E-state index contributed by atoms with van der Waals surface area (Å²) in [6.07, 6.45) is 2.25. The number of amides is 1. The van der Waals surface area contributed by atoms with E-state index >= 15 is 0 Å². The third-order valence-corrected chi connectivity index (χ3v) is 3.58. The van der Waals surface area contributed by atoms with E-state index in [0.29, 0.717) is 18.1 Å². The van der Waals surface area contributed by atoms with Crippen LogP contribution in [0.2, 0.25) is 0 Å². The molecule has 0 saturated carbocycles. The van der Waals surface area contributed by atoms with E-state index in [1.54, 1.807) is 13.1 Å². The summed E-state index contributed by atoms with van der Waals surface area (Å²) in [6.45, 7) is 4.53. The Morgan fingerprint density at radius 3 is 2.68 bits per heavy atom. The maximum absolute atomic E-state index is 13.7. The highest BCUT2D eigenvalue weighted by molar-refractivity contribution is 5.76. The van der Waals surface area contributed by atoms with Crippen molar-refractivity contribution in [3.05, 3.63) is 42.4 Å². The molecule has 0 unspecified atom stereocenters. The lowest BCUT2D eigenvalue weighted by atomic mass is 10.0. The fraction of sp³-hybridized carbons (Fsp3) is 0.412. The summed E-state index contributed by atoms with van der Waals surface area (Å²) in [5, 5.41) is 2.65. The van der Waals surface area contributed by atoms with Crippen LogP contribution in [-0.2, 0) is 11.2 Å². The molecule has 1 aromatic carbocycles. The summed E-state index contributed by atoms with van der Waals surface area (Å²) in [6, 6.07) is 9.10. The zero-order valence-electron chi connectivity index (χ0n) is 13.1. The molecule has 0 aliphatic carbocycles. The van der Waals surface area contributed by atoms with Gasteiger partial charge in [0.1, 0.15) is 5.67 Å². The van der Waals surface area contributed by atoms with Gasteiger partial charge in [0.05, 0.1) is 12.2 Å².